The molecule has 2 aromatic heterocycles. The molecule has 0 bridgehead atoms. The van der Waals surface area contributed by atoms with Gasteiger partial charge < -0.3 is 9.73 Å². The molecular weight excluding hydrogens is 330 g/mol. The summed E-state index contributed by atoms with van der Waals surface area (Å²) in [6, 6.07) is 4.21. The van der Waals surface area contributed by atoms with Crippen molar-refractivity contribution in [1.82, 2.24) is 15.2 Å². The third kappa shape index (κ3) is 5.09. The summed E-state index contributed by atoms with van der Waals surface area (Å²) in [7, 11) is 0. The van der Waals surface area contributed by atoms with Crippen LogP contribution in [-0.2, 0) is 11.3 Å². The molecule has 1 saturated heterocycles. The van der Waals surface area contributed by atoms with Crippen molar-refractivity contribution >= 4 is 29.0 Å². The highest BCUT2D eigenvalue weighted by molar-refractivity contribution is 8.01. The van der Waals surface area contributed by atoms with E-state index in [2.05, 4.69) is 15.2 Å². The first-order valence-corrected chi connectivity index (χ1v) is 9.64. The molecule has 0 aromatic carbocycles. The third-order valence-electron chi connectivity index (χ3n) is 3.84. The molecule has 3 rings (SSSR count). The summed E-state index contributed by atoms with van der Waals surface area (Å²) in [6.07, 6.45) is 3.70. The summed E-state index contributed by atoms with van der Waals surface area (Å²) in [5.41, 5.74) is 1.02. The largest absolute Gasteiger partial charge is 0.468 e. The summed E-state index contributed by atoms with van der Waals surface area (Å²) < 4.78 is 6.35. The van der Waals surface area contributed by atoms with Crippen LogP contribution in [0.4, 0.5) is 0 Å². The van der Waals surface area contributed by atoms with Gasteiger partial charge in [0, 0.05) is 30.2 Å². The maximum Gasteiger partial charge on any atom is 0.230 e. The topological polar surface area (TPSA) is 58.4 Å². The summed E-state index contributed by atoms with van der Waals surface area (Å²) >= 11 is 3.11. The smallest absolute Gasteiger partial charge is 0.230 e. The number of carbonyl (C=O) groups excluding carboxylic acids is 1. The molecule has 1 fully saturated rings. The highest BCUT2D eigenvalue weighted by atomic mass is 32.2. The molecule has 124 valence electrons. The molecule has 7 heteroatoms. The SMILES string of the molecule is Cc1csc(SCC(=O)NC2CCN(Cc3ccco3)CC2)n1. The summed E-state index contributed by atoms with van der Waals surface area (Å²) in [6.45, 7) is 4.80. The minimum Gasteiger partial charge on any atom is -0.468 e. The van der Waals surface area contributed by atoms with Crippen molar-refractivity contribution in [2.24, 2.45) is 0 Å². The number of likely N-dealkylation sites (tertiary alicyclic amines) is 1. The van der Waals surface area contributed by atoms with Crippen LogP contribution >= 0.6 is 23.1 Å². The number of nitrogens with one attached hydrogen (secondary N) is 1. The fourth-order valence-corrected chi connectivity index (χ4v) is 4.31. The van der Waals surface area contributed by atoms with Gasteiger partial charge in [0.25, 0.3) is 0 Å². The Labute approximate surface area is 144 Å². The summed E-state index contributed by atoms with van der Waals surface area (Å²) in [4.78, 5) is 18.8. The minimum atomic E-state index is 0.104. The van der Waals surface area contributed by atoms with E-state index in [0.29, 0.717) is 5.75 Å². The molecule has 1 N–H and O–H groups in total. The highest BCUT2D eigenvalue weighted by Crippen LogP contribution is 2.22. The highest BCUT2D eigenvalue weighted by Gasteiger charge is 2.21. The lowest BCUT2D eigenvalue weighted by Crippen LogP contribution is -2.44. The molecule has 0 radical (unpaired) electrons. The zero-order chi connectivity index (χ0) is 16.1. The molecule has 0 atom stereocenters. The van der Waals surface area contributed by atoms with Crippen molar-refractivity contribution in [2.75, 3.05) is 18.8 Å². The monoisotopic (exact) mass is 351 g/mol. The minimum absolute atomic E-state index is 0.104. The number of aryl methyl sites for hydroxylation is 1. The van der Waals surface area contributed by atoms with E-state index in [-0.39, 0.29) is 11.9 Å². The van der Waals surface area contributed by atoms with Crippen molar-refractivity contribution < 1.29 is 9.21 Å². The van der Waals surface area contributed by atoms with E-state index in [1.807, 2.05) is 24.4 Å². The standard InChI is InChI=1S/C16H21N3O2S2/c1-12-10-22-16(17-12)23-11-15(20)18-13-4-6-19(7-5-13)9-14-3-2-8-21-14/h2-3,8,10,13H,4-7,9,11H2,1H3,(H,18,20). The molecule has 23 heavy (non-hydrogen) atoms. The molecule has 1 aliphatic heterocycles. The van der Waals surface area contributed by atoms with E-state index in [0.717, 1.165) is 48.3 Å². The van der Waals surface area contributed by atoms with Crippen molar-refractivity contribution in [1.29, 1.82) is 0 Å². The number of aromatic nitrogens is 1. The number of amides is 1. The Morgan fingerprint density at radius 1 is 1.52 bits per heavy atom. The number of rotatable bonds is 6. The molecular formula is C16H21N3O2S2. The molecule has 2 aromatic rings. The average molecular weight is 351 g/mol. The fourth-order valence-electron chi connectivity index (χ4n) is 2.65. The van der Waals surface area contributed by atoms with Crippen molar-refractivity contribution in [3.05, 3.63) is 35.2 Å². The number of thioether (sulfide) groups is 1. The summed E-state index contributed by atoms with van der Waals surface area (Å²) in [5.74, 6) is 1.55. The number of hydrogen-bond acceptors (Lipinski definition) is 6. The first-order chi connectivity index (χ1) is 11.2. The van der Waals surface area contributed by atoms with Gasteiger partial charge in [0.05, 0.1) is 18.6 Å². The van der Waals surface area contributed by atoms with Crippen LogP contribution < -0.4 is 5.32 Å². The molecule has 1 aliphatic rings. The molecule has 0 saturated carbocycles. The molecule has 0 spiro atoms. The van der Waals surface area contributed by atoms with Gasteiger partial charge in [0.15, 0.2) is 4.34 Å². The van der Waals surface area contributed by atoms with Crippen LogP contribution in [0.1, 0.15) is 24.3 Å². The molecule has 3 heterocycles. The Kier molecular flexibility index (Phi) is 5.75. The Morgan fingerprint density at radius 3 is 3.00 bits per heavy atom. The number of furan rings is 1. The Morgan fingerprint density at radius 2 is 2.35 bits per heavy atom. The van der Waals surface area contributed by atoms with E-state index < -0.39 is 0 Å². The van der Waals surface area contributed by atoms with Crippen LogP contribution in [0, 0.1) is 6.92 Å². The zero-order valence-corrected chi connectivity index (χ0v) is 14.8. The van der Waals surface area contributed by atoms with Crippen LogP contribution in [0.25, 0.3) is 0 Å². The lowest BCUT2D eigenvalue weighted by Gasteiger charge is -2.31. The van der Waals surface area contributed by atoms with Crippen LogP contribution in [-0.4, -0.2) is 40.7 Å². The average Bonchev–Trinajstić information content (AvgIpc) is 3.19. The zero-order valence-electron chi connectivity index (χ0n) is 13.2. The predicted octanol–water partition coefficient (Wildman–Crippen LogP) is 2.92. The van der Waals surface area contributed by atoms with Gasteiger partial charge in [-0.3, -0.25) is 9.69 Å². The second-order valence-electron chi connectivity index (χ2n) is 5.74. The van der Waals surface area contributed by atoms with Crippen LogP contribution in [0.5, 0.6) is 0 Å². The number of hydrogen-bond donors (Lipinski definition) is 1. The number of piperidine rings is 1. The van der Waals surface area contributed by atoms with E-state index in [4.69, 9.17) is 4.42 Å². The van der Waals surface area contributed by atoms with Crippen LogP contribution in [0.3, 0.4) is 0 Å². The van der Waals surface area contributed by atoms with Gasteiger partial charge in [0.1, 0.15) is 5.76 Å². The van der Waals surface area contributed by atoms with Gasteiger partial charge in [-0.05, 0) is 31.9 Å². The molecule has 1 amide bonds. The Balaban J connectivity index is 1.35. The van der Waals surface area contributed by atoms with E-state index in [1.165, 1.54) is 11.8 Å². The normalized spacial score (nSPS) is 16.6. The van der Waals surface area contributed by atoms with E-state index >= 15 is 0 Å². The third-order valence-corrected chi connectivity index (χ3v) is 5.98. The van der Waals surface area contributed by atoms with Gasteiger partial charge >= 0.3 is 0 Å². The van der Waals surface area contributed by atoms with Crippen molar-refractivity contribution in [3.8, 4) is 0 Å². The maximum absolute atomic E-state index is 12.0. The lowest BCUT2D eigenvalue weighted by molar-refractivity contribution is -0.119. The second kappa shape index (κ2) is 7.99. The van der Waals surface area contributed by atoms with Crippen molar-refractivity contribution in [3.63, 3.8) is 0 Å². The summed E-state index contributed by atoms with van der Waals surface area (Å²) in [5, 5.41) is 5.15. The number of carbonyl (C=O) groups is 1. The first-order valence-electron chi connectivity index (χ1n) is 7.78. The fraction of sp³-hybridized carbons (Fsp3) is 0.500. The van der Waals surface area contributed by atoms with Gasteiger partial charge in [-0.15, -0.1) is 11.3 Å². The van der Waals surface area contributed by atoms with Gasteiger partial charge in [-0.1, -0.05) is 11.8 Å². The molecule has 5 nitrogen and oxygen atoms in total. The maximum atomic E-state index is 12.0. The molecule has 0 aliphatic carbocycles. The Hall–Kier alpha value is -1.31. The van der Waals surface area contributed by atoms with Gasteiger partial charge in [-0.25, -0.2) is 4.98 Å². The first kappa shape index (κ1) is 16.5. The second-order valence-corrected chi connectivity index (χ2v) is 7.82. The number of thiazole rings is 1. The van der Waals surface area contributed by atoms with Crippen LogP contribution in [0.2, 0.25) is 0 Å². The van der Waals surface area contributed by atoms with E-state index in [9.17, 15) is 4.79 Å². The van der Waals surface area contributed by atoms with Crippen molar-refractivity contribution in [2.45, 2.75) is 36.7 Å². The van der Waals surface area contributed by atoms with E-state index in [1.54, 1.807) is 17.6 Å². The lowest BCUT2D eigenvalue weighted by atomic mass is 10.0. The Bertz CT molecular complexity index is 619. The van der Waals surface area contributed by atoms with Gasteiger partial charge in [0.2, 0.25) is 5.91 Å². The van der Waals surface area contributed by atoms with Crippen LogP contribution in [0.15, 0.2) is 32.5 Å². The predicted molar refractivity (Wildman–Crippen MR) is 92.7 cm³/mol. The molecule has 0 unspecified atom stereocenters. The number of nitrogens with zero attached hydrogens (tertiary/aromatic N) is 2. The quantitative estimate of drug-likeness (QED) is 0.811. The van der Waals surface area contributed by atoms with Gasteiger partial charge in [-0.2, -0.15) is 0 Å².